The van der Waals surface area contributed by atoms with Gasteiger partial charge in [0.2, 0.25) is 5.89 Å². The van der Waals surface area contributed by atoms with E-state index in [9.17, 15) is 0 Å². The summed E-state index contributed by atoms with van der Waals surface area (Å²) in [5, 5.41) is 0. The predicted octanol–water partition coefficient (Wildman–Crippen LogP) is 6.43. The molecule has 148 valence electrons. The summed E-state index contributed by atoms with van der Waals surface area (Å²) in [6, 6.07) is 23.8. The number of benzene rings is 2. The quantitative estimate of drug-likeness (QED) is 0.350. The molecule has 4 aromatic rings. The largest absolute Gasteiger partial charge is 0.441 e. The molecule has 0 radical (unpaired) electrons. The highest BCUT2D eigenvalue weighted by Crippen LogP contribution is 2.22. The molecule has 0 unspecified atom stereocenters. The van der Waals surface area contributed by atoms with Crippen LogP contribution < -0.4 is 0 Å². The highest BCUT2D eigenvalue weighted by atomic mass is 16.4. The van der Waals surface area contributed by atoms with Crippen molar-refractivity contribution in [1.82, 2.24) is 9.55 Å². The van der Waals surface area contributed by atoms with Crippen molar-refractivity contribution in [2.75, 3.05) is 0 Å². The van der Waals surface area contributed by atoms with E-state index in [4.69, 9.17) is 9.40 Å². The summed E-state index contributed by atoms with van der Waals surface area (Å²) < 4.78 is 8.14. The molecule has 0 bridgehead atoms. The Hall–Kier alpha value is -3.07. The Morgan fingerprint density at radius 3 is 2.28 bits per heavy atom. The fraction of sp³-hybridized carbons (Fsp3) is 0.269. The molecule has 0 aliphatic carbocycles. The molecule has 2 aromatic heterocycles. The van der Waals surface area contributed by atoms with Crippen LogP contribution in [-0.4, -0.2) is 9.55 Å². The van der Waals surface area contributed by atoms with Gasteiger partial charge in [-0.3, -0.25) is 0 Å². The number of rotatable bonds is 8. The molecule has 0 saturated carbocycles. The minimum atomic E-state index is 0.477. The predicted molar refractivity (Wildman–Crippen MR) is 118 cm³/mol. The van der Waals surface area contributed by atoms with E-state index >= 15 is 0 Å². The Balaban J connectivity index is 1.30. The normalized spacial score (nSPS) is 12.2. The molecule has 3 nitrogen and oxygen atoms in total. The summed E-state index contributed by atoms with van der Waals surface area (Å²) in [6.07, 6.45) is 8.38. The van der Waals surface area contributed by atoms with Gasteiger partial charge in [0.25, 0.3) is 0 Å². The smallest absolute Gasteiger partial charge is 0.226 e. The van der Waals surface area contributed by atoms with E-state index in [2.05, 4.69) is 60.3 Å². The highest BCUT2D eigenvalue weighted by molar-refractivity contribution is 5.53. The van der Waals surface area contributed by atoms with Crippen LogP contribution in [0.5, 0.6) is 0 Å². The molecule has 3 heteroatoms. The van der Waals surface area contributed by atoms with Gasteiger partial charge in [0.15, 0.2) is 0 Å². The summed E-state index contributed by atoms with van der Waals surface area (Å²) >= 11 is 0. The Kier molecular flexibility index (Phi) is 5.95. The van der Waals surface area contributed by atoms with E-state index in [0.717, 1.165) is 48.6 Å². The standard InChI is InChI=1S/C26H28N2O/c1-20(28-17-6-7-18-28)19-23-15-13-22(14-16-23)9-8-12-25-21(2)29-26(27-25)24-10-4-3-5-11-24/h3-7,10-11,13-18,20H,8-9,12,19H2,1-2H3/t20-/m1/s1. The zero-order valence-corrected chi connectivity index (χ0v) is 17.2. The number of nitrogens with zero attached hydrogens (tertiary/aromatic N) is 2. The average molecular weight is 385 g/mol. The van der Waals surface area contributed by atoms with Crippen LogP contribution in [0.15, 0.2) is 83.5 Å². The number of oxazole rings is 1. The van der Waals surface area contributed by atoms with E-state index in [0.29, 0.717) is 6.04 Å². The number of hydrogen-bond donors (Lipinski definition) is 0. The molecule has 2 heterocycles. The number of aryl methyl sites for hydroxylation is 3. The Bertz CT molecular complexity index is 1010. The second-order valence-corrected chi connectivity index (χ2v) is 7.74. The minimum Gasteiger partial charge on any atom is -0.441 e. The maximum Gasteiger partial charge on any atom is 0.226 e. The van der Waals surface area contributed by atoms with Crippen LogP contribution in [-0.2, 0) is 19.3 Å². The average Bonchev–Trinajstić information content (AvgIpc) is 3.41. The lowest BCUT2D eigenvalue weighted by atomic mass is 10.0. The van der Waals surface area contributed by atoms with Crippen LogP contribution in [0.25, 0.3) is 11.5 Å². The molecule has 0 N–H and O–H groups in total. The van der Waals surface area contributed by atoms with E-state index < -0.39 is 0 Å². The van der Waals surface area contributed by atoms with Crippen LogP contribution in [0, 0.1) is 6.92 Å². The van der Waals surface area contributed by atoms with Crippen molar-refractivity contribution in [3.05, 3.63) is 102 Å². The molecule has 0 amide bonds. The third-order valence-electron chi connectivity index (χ3n) is 5.48. The van der Waals surface area contributed by atoms with Crippen LogP contribution in [0.2, 0.25) is 0 Å². The fourth-order valence-corrected chi connectivity index (χ4v) is 3.75. The van der Waals surface area contributed by atoms with Crippen molar-refractivity contribution in [1.29, 1.82) is 0 Å². The van der Waals surface area contributed by atoms with Gasteiger partial charge in [-0.15, -0.1) is 0 Å². The van der Waals surface area contributed by atoms with Gasteiger partial charge >= 0.3 is 0 Å². The summed E-state index contributed by atoms with van der Waals surface area (Å²) in [5.41, 5.74) is 4.87. The van der Waals surface area contributed by atoms with Crippen LogP contribution >= 0.6 is 0 Å². The third-order valence-corrected chi connectivity index (χ3v) is 5.48. The maximum absolute atomic E-state index is 5.87. The SMILES string of the molecule is Cc1oc(-c2ccccc2)nc1CCCc1ccc(C[C@@H](C)n2cccc2)cc1. The van der Waals surface area contributed by atoms with Gasteiger partial charge in [0.1, 0.15) is 5.76 Å². The van der Waals surface area contributed by atoms with Crippen molar-refractivity contribution in [3.63, 3.8) is 0 Å². The van der Waals surface area contributed by atoms with Gasteiger partial charge in [0.05, 0.1) is 5.69 Å². The lowest BCUT2D eigenvalue weighted by Crippen LogP contribution is -2.05. The Labute approximate surface area is 173 Å². The van der Waals surface area contributed by atoms with E-state index in [1.54, 1.807) is 0 Å². The van der Waals surface area contributed by atoms with E-state index in [1.807, 2.05) is 37.3 Å². The van der Waals surface area contributed by atoms with E-state index in [-0.39, 0.29) is 0 Å². The highest BCUT2D eigenvalue weighted by Gasteiger charge is 2.11. The molecule has 0 spiro atoms. The van der Waals surface area contributed by atoms with Crippen molar-refractivity contribution >= 4 is 0 Å². The first-order chi connectivity index (χ1) is 14.2. The molecule has 0 aliphatic heterocycles. The summed E-state index contributed by atoms with van der Waals surface area (Å²) in [7, 11) is 0. The second kappa shape index (κ2) is 8.95. The first-order valence-electron chi connectivity index (χ1n) is 10.4. The van der Waals surface area contributed by atoms with Gasteiger partial charge in [0, 0.05) is 24.0 Å². The lowest BCUT2D eigenvalue weighted by Gasteiger charge is -2.14. The molecule has 0 saturated heterocycles. The van der Waals surface area contributed by atoms with Gasteiger partial charge in [-0.05, 0) is 74.9 Å². The Morgan fingerprint density at radius 2 is 1.55 bits per heavy atom. The van der Waals surface area contributed by atoms with Crippen molar-refractivity contribution in [2.24, 2.45) is 0 Å². The minimum absolute atomic E-state index is 0.477. The molecule has 0 aliphatic rings. The van der Waals surface area contributed by atoms with Gasteiger partial charge in [-0.1, -0.05) is 42.5 Å². The van der Waals surface area contributed by atoms with Crippen LogP contribution in [0.4, 0.5) is 0 Å². The molecular formula is C26H28N2O. The first-order valence-corrected chi connectivity index (χ1v) is 10.4. The number of hydrogen-bond acceptors (Lipinski definition) is 2. The van der Waals surface area contributed by atoms with Gasteiger partial charge < -0.3 is 8.98 Å². The molecular weight excluding hydrogens is 356 g/mol. The topological polar surface area (TPSA) is 31.0 Å². The van der Waals surface area contributed by atoms with E-state index in [1.165, 1.54) is 11.1 Å². The monoisotopic (exact) mass is 384 g/mol. The van der Waals surface area contributed by atoms with Crippen LogP contribution in [0.1, 0.15) is 42.0 Å². The molecule has 2 aromatic carbocycles. The molecule has 1 atom stereocenters. The third kappa shape index (κ3) is 4.86. The second-order valence-electron chi connectivity index (χ2n) is 7.74. The summed E-state index contributed by atoms with van der Waals surface area (Å²) in [4.78, 5) is 4.71. The molecule has 0 fully saturated rings. The number of aromatic nitrogens is 2. The zero-order chi connectivity index (χ0) is 20.1. The maximum atomic E-state index is 5.87. The molecule has 29 heavy (non-hydrogen) atoms. The fourth-order valence-electron chi connectivity index (χ4n) is 3.75. The lowest BCUT2D eigenvalue weighted by molar-refractivity contribution is 0.538. The first kappa shape index (κ1) is 19.3. The van der Waals surface area contributed by atoms with Gasteiger partial charge in [-0.25, -0.2) is 4.98 Å². The zero-order valence-electron chi connectivity index (χ0n) is 17.2. The summed E-state index contributed by atoms with van der Waals surface area (Å²) in [6.45, 7) is 4.27. The Morgan fingerprint density at radius 1 is 0.862 bits per heavy atom. The molecule has 4 rings (SSSR count). The van der Waals surface area contributed by atoms with Crippen LogP contribution in [0.3, 0.4) is 0 Å². The summed E-state index contributed by atoms with van der Waals surface area (Å²) in [5.74, 6) is 1.65. The van der Waals surface area contributed by atoms with Crippen molar-refractivity contribution in [2.45, 2.75) is 45.6 Å². The van der Waals surface area contributed by atoms with Gasteiger partial charge in [-0.2, -0.15) is 0 Å². The van der Waals surface area contributed by atoms with Crippen molar-refractivity contribution in [3.8, 4) is 11.5 Å². The van der Waals surface area contributed by atoms with Crippen molar-refractivity contribution < 1.29 is 4.42 Å².